The van der Waals surface area contributed by atoms with Gasteiger partial charge in [0, 0.05) is 11.0 Å². The van der Waals surface area contributed by atoms with Gasteiger partial charge in [0.1, 0.15) is 5.75 Å². The van der Waals surface area contributed by atoms with Gasteiger partial charge in [0.2, 0.25) is 0 Å². The molecule has 4 nitrogen and oxygen atoms in total. The van der Waals surface area contributed by atoms with Gasteiger partial charge in [-0.25, -0.2) is 0 Å². The topological polar surface area (TPSA) is 72.3 Å². The van der Waals surface area contributed by atoms with Crippen LogP contribution in [0, 0.1) is 0 Å². The minimum absolute atomic E-state index is 0.156. The highest BCUT2D eigenvalue weighted by Crippen LogP contribution is 2.33. The van der Waals surface area contributed by atoms with Crippen LogP contribution in [-0.4, -0.2) is 16.5 Å². The van der Waals surface area contributed by atoms with Gasteiger partial charge in [-0.05, 0) is 24.5 Å². The molecule has 2 aromatic rings. The summed E-state index contributed by atoms with van der Waals surface area (Å²) in [5, 5.41) is 13.2. The summed E-state index contributed by atoms with van der Waals surface area (Å²) < 4.78 is 4.99. The first kappa shape index (κ1) is 9.92. The third-order valence-corrected chi connectivity index (χ3v) is 2.72. The summed E-state index contributed by atoms with van der Waals surface area (Å²) >= 11 is 1.59. The van der Waals surface area contributed by atoms with Crippen molar-refractivity contribution in [3.63, 3.8) is 0 Å². The maximum Gasteiger partial charge on any atom is 0.172 e. The Morgan fingerprint density at radius 2 is 2.20 bits per heavy atom. The third kappa shape index (κ3) is 1.92. The summed E-state index contributed by atoms with van der Waals surface area (Å²) in [7, 11) is 0. The summed E-state index contributed by atoms with van der Waals surface area (Å²) in [6, 6.07) is 6.88. The van der Waals surface area contributed by atoms with Crippen molar-refractivity contribution in [2.45, 2.75) is 4.90 Å². The van der Waals surface area contributed by atoms with Gasteiger partial charge < -0.3 is 15.4 Å². The first-order chi connectivity index (χ1) is 7.20. The number of hydrogen-bond acceptors (Lipinski definition) is 5. The Morgan fingerprint density at radius 3 is 2.80 bits per heavy atom. The summed E-state index contributed by atoms with van der Waals surface area (Å²) in [4.78, 5) is 1.04. The van der Waals surface area contributed by atoms with Crippen molar-refractivity contribution in [2.24, 2.45) is 0 Å². The van der Waals surface area contributed by atoms with Gasteiger partial charge in [0.25, 0.3) is 0 Å². The van der Waals surface area contributed by atoms with Gasteiger partial charge >= 0.3 is 0 Å². The van der Waals surface area contributed by atoms with Crippen LogP contribution < -0.4 is 5.73 Å². The average molecular weight is 222 g/mol. The molecule has 1 aromatic heterocycles. The van der Waals surface area contributed by atoms with Crippen LogP contribution in [0.2, 0.25) is 0 Å². The molecule has 0 fully saturated rings. The zero-order chi connectivity index (χ0) is 10.8. The lowest BCUT2D eigenvalue weighted by Crippen LogP contribution is -1.80. The van der Waals surface area contributed by atoms with E-state index in [1.165, 1.54) is 0 Å². The number of thioether (sulfide) groups is 1. The Hall–Kier alpha value is -1.62. The molecule has 0 saturated carbocycles. The molecule has 0 saturated heterocycles. The first-order valence-corrected chi connectivity index (χ1v) is 5.53. The molecular formula is C10H10N2O2S. The second-order valence-corrected chi connectivity index (χ2v) is 3.88. The van der Waals surface area contributed by atoms with Crippen LogP contribution >= 0.6 is 11.8 Å². The van der Waals surface area contributed by atoms with Gasteiger partial charge in [0.15, 0.2) is 11.6 Å². The van der Waals surface area contributed by atoms with Crippen molar-refractivity contribution in [3.8, 4) is 17.1 Å². The van der Waals surface area contributed by atoms with E-state index in [-0.39, 0.29) is 5.75 Å². The Bertz CT molecular complexity index is 482. The van der Waals surface area contributed by atoms with E-state index < -0.39 is 0 Å². The van der Waals surface area contributed by atoms with E-state index in [9.17, 15) is 5.11 Å². The smallest absolute Gasteiger partial charge is 0.172 e. The summed E-state index contributed by atoms with van der Waals surface area (Å²) in [5.41, 5.74) is 6.05. The van der Waals surface area contributed by atoms with E-state index in [1.54, 1.807) is 23.9 Å². The minimum atomic E-state index is 0.156. The van der Waals surface area contributed by atoms with E-state index in [4.69, 9.17) is 10.3 Å². The number of aromatic nitrogens is 1. The molecule has 0 atom stereocenters. The molecule has 0 amide bonds. The molecule has 2 rings (SSSR count). The van der Waals surface area contributed by atoms with Crippen molar-refractivity contribution in [1.82, 2.24) is 5.16 Å². The van der Waals surface area contributed by atoms with Crippen LogP contribution in [-0.2, 0) is 0 Å². The summed E-state index contributed by atoms with van der Waals surface area (Å²) in [6.45, 7) is 0. The van der Waals surface area contributed by atoms with Crippen molar-refractivity contribution in [2.75, 3.05) is 12.0 Å². The highest BCUT2D eigenvalue weighted by Gasteiger charge is 2.10. The van der Waals surface area contributed by atoms with Gasteiger partial charge in [-0.3, -0.25) is 0 Å². The number of phenolic OH excluding ortho intramolecular Hbond substituents is 1. The van der Waals surface area contributed by atoms with E-state index in [1.807, 2.05) is 18.4 Å². The molecule has 0 spiro atoms. The molecule has 3 N–H and O–H groups in total. The van der Waals surface area contributed by atoms with E-state index >= 15 is 0 Å². The Morgan fingerprint density at radius 1 is 1.40 bits per heavy atom. The fourth-order valence-corrected chi connectivity index (χ4v) is 1.70. The zero-order valence-electron chi connectivity index (χ0n) is 8.10. The number of nitrogens with zero attached hydrogens (tertiary/aromatic N) is 1. The Balaban J connectivity index is 2.51. The lowest BCUT2D eigenvalue weighted by Gasteiger charge is -2.02. The number of nitrogens with two attached hydrogens (primary N) is 1. The van der Waals surface area contributed by atoms with Gasteiger partial charge in [-0.1, -0.05) is 5.16 Å². The lowest BCUT2D eigenvalue weighted by atomic mass is 10.1. The molecule has 1 heterocycles. The van der Waals surface area contributed by atoms with Crippen molar-refractivity contribution < 1.29 is 9.63 Å². The van der Waals surface area contributed by atoms with Crippen LogP contribution in [0.3, 0.4) is 0 Å². The number of nitrogen functional groups attached to an aromatic ring is 1. The second kappa shape index (κ2) is 3.86. The van der Waals surface area contributed by atoms with Gasteiger partial charge in [-0.2, -0.15) is 0 Å². The fraction of sp³-hybridized carbons (Fsp3) is 0.100. The quantitative estimate of drug-likeness (QED) is 0.763. The van der Waals surface area contributed by atoms with Crippen LogP contribution in [0.5, 0.6) is 5.75 Å². The normalized spacial score (nSPS) is 10.5. The fourth-order valence-electron chi connectivity index (χ4n) is 1.26. The van der Waals surface area contributed by atoms with E-state index in [2.05, 4.69) is 5.16 Å². The molecule has 78 valence electrons. The number of aromatic hydroxyl groups is 1. The molecule has 0 radical (unpaired) electrons. The van der Waals surface area contributed by atoms with Gasteiger partial charge in [0.05, 0.1) is 5.56 Å². The molecule has 1 aromatic carbocycles. The van der Waals surface area contributed by atoms with Crippen molar-refractivity contribution in [3.05, 3.63) is 24.3 Å². The molecule has 0 unspecified atom stereocenters. The third-order valence-electron chi connectivity index (χ3n) is 2.00. The Labute approximate surface area is 91.1 Å². The molecule has 15 heavy (non-hydrogen) atoms. The molecule has 0 aliphatic heterocycles. The maximum absolute atomic E-state index is 9.66. The average Bonchev–Trinajstić information content (AvgIpc) is 2.65. The maximum atomic E-state index is 9.66. The summed E-state index contributed by atoms with van der Waals surface area (Å²) in [6.07, 6.45) is 1.96. The largest absolute Gasteiger partial charge is 0.507 e. The van der Waals surface area contributed by atoms with E-state index in [0.717, 1.165) is 4.90 Å². The number of phenols is 1. The summed E-state index contributed by atoms with van der Waals surface area (Å²) in [5.74, 6) is 0.934. The molecule has 0 aliphatic rings. The SMILES string of the molecule is CSc1ccc(O)c(-c2cc(N)no2)c1. The first-order valence-electron chi connectivity index (χ1n) is 4.30. The van der Waals surface area contributed by atoms with Crippen LogP contribution in [0.25, 0.3) is 11.3 Å². The number of rotatable bonds is 2. The molecular weight excluding hydrogens is 212 g/mol. The number of benzene rings is 1. The second-order valence-electron chi connectivity index (χ2n) is 3.00. The van der Waals surface area contributed by atoms with Crippen molar-refractivity contribution >= 4 is 17.6 Å². The molecule has 5 heteroatoms. The van der Waals surface area contributed by atoms with Crippen LogP contribution in [0.1, 0.15) is 0 Å². The highest BCUT2D eigenvalue weighted by atomic mass is 32.2. The monoisotopic (exact) mass is 222 g/mol. The van der Waals surface area contributed by atoms with Crippen LogP contribution in [0.15, 0.2) is 33.7 Å². The zero-order valence-corrected chi connectivity index (χ0v) is 8.91. The predicted octanol–water partition coefficient (Wildman–Crippen LogP) is 2.35. The highest BCUT2D eigenvalue weighted by molar-refractivity contribution is 7.98. The predicted molar refractivity (Wildman–Crippen MR) is 59.8 cm³/mol. The Kier molecular flexibility index (Phi) is 2.55. The molecule has 0 bridgehead atoms. The number of hydrogen-bond donors (Lipinski definition) is 2. The van der Waals surface area contributed by atoms with Crippen molar-refractivity contribution in [1.29, 1.82) is 0 Å². The molecule has 0 aliphatic carbocycles. The van der Waals surface area contributed by atoms with E-state index in [0.29, 0.717) is 17.1 Å². The standard InChI is InChI=1S/C10H10N2O2S/c1-15-6-2-3-8(13)7(4-6)9-5-10(11)12-14-9/h2-5,13H,1H3,(H2,11,12). The van der Waals surface area contributed by atoms with Gasteiger partial charge in [-0.15, -0.1) is 11.8 Å². The number of anilines is 1. The van der Waals surface area contributed by atoms with Crippen LogP contribution in [0.4, 0.5) is 5.82 Å². The minimum Gasteiger partial charge on any atom is -0.507 e. The lowest BCUT2D eigenvalue weighted by molar-refractivity contribution is 0.429.